The van der Waals surface area contributed by atoms with Crippen LogP contribution in [-0.4, -0.2) is 18.8 Å². The maximum Gasteiger partial charge on any atom is 0.432 e. The molecule has 0 fully saturated rings. The second-order valence-corrected chi connectivity index (χ2v) is 2.12. The summed E-state index contributed by atoms with van der Waals surface area (Å²) in [4.78, 5) is 10.8. The first kappa shape index (κ1) is 12.3. The van der Waals surface area contributed by atoms with Crippen LogP contribution in [0.3, 0.4) is 0 Å². The van der Waals surface area contributed by atoms with Crippen molar-refractivity contribution in [1.82, 2.24) is 0 Å². The molecule has 0 atom stereocenters. The summed E-state index contributed by atoms with van der Waals surface area (Å²) in [6.07, 6.45) is -4.90. The van der Waals surface area contributed by atoms with Crippen LogP contribution in [0.4, 0.5) is 13.2 Å². The summed E-state index contributed by atoms with van der Waals surface area (Å²) in [5.74, 6) is -1.37. The molecule has 0 aromatic heterocycles. The molecule has 0 saturated carbocycles. The molecule has 7 heteroatoms. The summed E-state index contributed by atoms with van der Waals surface area (Å²) in [6.45, 7) is 1.27. The summed E-state index contributed by atoms with van der Waals surface area (Å²) < 4.78 is 40.0. The Morgan fingerprint density at radius 1 is 1.57 bits per heavy atom. The van der Waals surface area contributed by atoms with Gasteiger partial charge in [0.25, 0.3) is 0 Å². The molecule has 0 bridgehead atoms. The van der Waals surface area contributed by atoms with Crippen molar-refractivity contribution in [1.29, 1.82) is 5.26 Å². The predicted molar refractivity (Wildman–Crippen MR) is 39.5 cm³/mol. The molecule has 0 rings (SSSR count). The van der Waals surface area contributed by atoms with Crippen molar-refractivity contribution < 1.29 is 22.7 Å². The average Bonchev–Trinajstić information content (AvgIpc) is 2.04. The second-order valence-electron chi connectivity index (χ2n) is 2.12. The maximum atomic E-state index is 11.9. The Labute approximate surface area is 77.7 Å². The van der Waals surface area contributed by atoms with Gasteiger partial charge in [0.2, 0.25) is 0 Å². The van der Waals surface area contributed by atoms with Gasteiger partial charge in [-0.2, -0.15) is 18.4 Å². The van der Waals surface area contributed by atoms with Gasteiger partial charge in [-0.25, -0.2) is 4.79 Å². The molecule has 0 saturated heterocycles. The standard InChI is InChI=1S/C7H7F3N2O2/c1-2-14-6(13)4(3-11)5(12)7(8,9)10/h2,12H2,1H3/b5-4-. The summed E-state index contributed by atoms with van der Waals surface area (Å²) in [5, 5.41) is 8.27. The van der Waals surface area contributed by atoms with Crippen molar-refractivity contribution in [2.75, 3.05) is 6.61 Å². The van der Waals surface area contributed by atoms with Gasteiger partial charge in [-0.15, -0.1) is 0 Å². The van der Waals surface area contributed by atoms with Gasteiger partial charge in [0, 0.05) is 0 Å². The van der Waals surface area contributed by atoms with E-state index in [0.29, 0.717) is 0 Å². The number of halogens is 3. The SMILES string of the molecule is CCOC(=O)/C(C#N)=C(\N)C(F)(F)F. The van der Waals surface area contributed by atoms with Crippen molar-refractivity contribution >= 4 is 5.97 Å². The molecular weight excluding hydrogens is 201 g/mol. The first-order valence-electron chi connectivity index (χ1n) is 3.48. The summed E-state index contributed by atoms with van der Waals surface area (Å²) in [5.41, 5.74) is 1.61. The molecule has 78 valence electrons. The minimum Gasteiger partial charge on any atom is -0.462 e. The molecule has 0 amide bonds. The smallest absolute Gasteiger partial charge is 0.432 e. The lowest BCUT2D eigenvalue weighted by Gasteiger charge is -2.08. The van der Waals surface area contributed by atoms with E-state index in [1.165, 1.54) is 6.92 Å². The number of ether oxygens (including phenoxy) is 1. The Morgan fingerprint density at radius 2 is 2.07 bits per heavy atom. The minimum atomic E-state index is -4.90. The van der Waals surface area contributed by atoms with E-state index in [2.05, 4.69) is 10.5 Å². The van der Waals surface area contributed by atoms with E-state index in [1.54, 1.807) is 0 Å². The van der Waals surface area contributed by atoms with Crippen molar-refractivity contribution in [2.45, 2.75) is 13.1 Å². The van der Waals surface area contributed by atoms with E-state index in [-0.39, 0.29) is 6.61 Å². The van der Waals surface area contributed by atoms with Gasteiger partial charge >= 0.3 is 12.1 Å². The molecule has 14 heavy (non-hydrogen) atoms. The van der Waals surface area contributed by atoms with E-state index in [0.717, 1.165) is 6.07 Å². The van der Waals surface area contributed by atoms with E-state index in [4.69, 9.17) is 5.26 Å². The predicted octanol–water partition coefficient (Wildman–Crippen LogP) is 0.848. The van der Waals surface area contributed by atoms with Gasteiger partial charge in [0.15, 0.2) is 5.57 Å². The Hall–Kier alpha value is -1.71. The van der Waals surface area contributed by atoms with E-state index in [9.17, 15) is 18.0 Å². The van der Waals surface area contributed by atoms with Crippen LogP contribution < -0.4 is 5.73 Å². The fourth-order valence-electron chi connectivity index (χ4n) is 0.561. The highest BCUT2D eigenvalue weighted by atomic mass is 19.4. The van der Waals surface area contributed by atoms with Crippen LogP contribution in [0.2, 0.25) is 0 Å². The minimum absolute atomic E-state index is 0.130. The third-order valence-electron chi connectivity index (χ3n) is 1.17. The molecule has 0 unspecified atom stereocenters. The Balaban J connectivity index is 5.08. The number of rotatable bonds is 2. The zero-order chi connectivity index (χ0) is 11.4. The van der Waals surface area contributed by atoms with Gasteiger partial charge in [-0.05, 0) is 6.92 Å². The molecule has 2 N–H and O–H groups in total. The van der Waals surface area contributed by atoms with Crippen LogP contribution in [0.1, 0.15) is 6.92 Å². The lowest BCUT2D eigenvalue weighted by molar-refractivity contribution is -0.139. The lowest BCUT2D eigenvalue weighted by Crippen LogP contribution is -2.25. The first-order valence-corrected chi connectivity index (χ1v) is 3.48. The summed E-state index contributed by atoms with van der Waals surface area (Å²) >= 11 is 0. The normalized spacial score (nSPS) is 12.8. The van der Waals surface area contributed by atoms with Gasteiger partial charge < -0.3 is 10.5 Å². The molecule has 0 radical (unpaired) electrons. The van der Waals surface area contributed by atoms with Crippen molar-refractivity contribution in [3.05, 3.63) is 11.3 Å². The molecule has 0 aliphatic rings. The van der Waals surface area contributed by atoms with Crippen LogP contribution >= 0.6 is 0 Å². The Bertz CT molecular complexity index is 301. The van der Waals surface area contributed by atoms with E-state index < -0.39 is 23.4 Å². The average molecular weight is 208 g/mol. The molecule has 0 aliphatic heterocycles. The van der Waals surface area contributed by atoms with Crippen LogP contribution in [0, 0.1) is 11.3 Å². The van der Waals surface area contributed by atoms with Crippen molar-refractivity contribution in [3.8, 4) is 6.07 Å². The number of nitriles is 1. The van der Waals surface area contributed by atoms with Crippen LogP contribution in [0.15, 0.2) is 11.3 Å². The van der Waals surface area contributed by atoms with Gasteiger partial charge in [0.1, 0.15) is 11.8 Å². The quantitative estimate of drug-likeness (QED) is 0.414. The molecule has 0 heterocycles. The van der Waals surface area contributed by atoms with Crippen LogP contribution in [-0.2, 0) is 9.53 Å². The lowest BCUT2D eigenvalue weighted by atomic mass is 10.2. The maximum absolute atomic E-state index is 11.9. The highest BCUT2D eigenvalue weighted by Gasteiger charge is 2.36. The molecule has 0 aliphatic carbocycles. The molecule has 0 spiro atoms. The number of hydrogen-bond donors (Lipinski definition) is 1. The van der Waals surface area contributed by atoms with Crippen LogP contribution in [0.5, 0.6) is 0 Å². The zero-order valence-electron chi connectivity index (χ0n) is 7.18. The van der Waals surface area contributed by atoms with Crippen molar-refractivity contribution in [2.24, 2.45) is 5.73 Å². The number of esters is 1. The largest absolute Gasteiger partial charge is 0.462 e. The number of carbonyl (C=O) groups excluding carboxylic acids is 1. The van der Waals surface area contributed by atoms with Crippen molar-refractivity contribution in [3.63, 3.8) is 0 Å². The number of carbonyl (C=O) groups is 1. The topological polar surface area (TPSA) is 76.1 Å². The fourth-order valence-corrected chi connectivity index (χ4v) is 0.561. The third kappa shape index (κ3) is 2.97. The highest BCUT2D eigenvalue weighted by molar-refractivity contribution is 5.93. The number of nitrogens with two attached hydrogens (primary N) is 1. The summed E-state index contributed by atoms with van der Waals surface area (Å²) in [6, 6.07) is 1.05. The number of hydrogen-bond acceptors (Lipinski definition) is 4. The molecule has 0 aromatic rings. The molecule has 0 aromatic carbocycles. The first-order chi connectivity index (χ1) is 6.34. The van der Waals surface area contributed by atoms with E-state index >= 15 is 0 Å². The monoisotopic (exact) mass is 208 g/mol. The van der Waals surface area contributed by atoms with E-state index in [1.807, 2.05) is 0 Å². The third-order valence-corrected chi connectivity index (χ3v) is 1.17. The number of alkyl halides is 3. The van der Waals surface area contributed by atoms with Gasteiger partial charge in [-0.1, -0.05) is 0 Å². The zero-order valence-corrected chi connectivity index (χ0v) is 7.18. The Morgan fingerprint density at radius 3 is 2.36 bits per heavy atom. The summed E-state index contributed by atoms with van der Waals surface area (Å²) in [7, 11) is 0. The second kappa shape index (κ2) is 4.50. The number of allylic oxidation sites excluding steroid dienone is 1. The fraction of sp³-hybridized carbons (Fsp3) is 0.429. The Kier molecular flexibility index (Phi) is 3.95. The number of nitrogens with zero attached hydrogens (tertiary/aromatic N) is 1. The molecule has 4 nitrogen and oxygen atoms in total. The van der Waals surface area contributed by atoms with Gasteiger partial charge in [0.05, 0.1) is 6.61 Å². The highest BCUT2D eigenvalue weighted by Crippen LogP contribution is 2.24. The molecular formula is C7H7F3N2O2. The van der Waals surface area contributed by atoms with Crippen LogP contribution in [0.25, 0.3) is 0 Å². The van der Waals surface area contributed by atoms with Gasteiger partial charge in [-0.3, -0.25) is 0 Å².